The largest absolute Gasteiger partial charge is 0.379 e. The van der Waals surface area contributed by atoms with E-state index in [0.29, 0.717) is 26.1 Å². The Balaban J connectivity index is 1.79. The van der Waals surface area contributed by atoms with E-state index in [1.807, 2.05) is 0 Å². The third-order valence-corrected chi connectivity index (χ3v) is 5.17. The van der Waals surface area contributed by atoms with Crippen LogP contribution in [0, 0.1) is 15.9 Å². The summed E-state index contributed by atoms with van der Waals surface area (Å²) in [6.45, 7) is 2.27. The van der Waals surface area contributed by atoms with Crippen LogP contribution in [0.25, 0.3) is 0 Å². The van der Waals surface area contributed by atoms with E-state index in [9.17, 15) is 22.9 Å². The highest BCUT2D eigenvalue weighted by molar-refractivity contribution is 7.91. The molecule has 1 N–H and O–H groups in total. The Bertz CT molecular complexity index is 637. The van der Waals surface area contributed by atoms with Crippen LogP contribution in [0.5, 0.6) is 0 Å². The molecule has 1 aromatic carbocycles. The van der Waals surface area contributed by atoms with Crippen molar-refractivity contribution in [3.8, 4) is 0 Å². The first-order chi connectivity index (χ1) is 10.4. The minimum atomic E-state index is -2.88. The summed E-state index contributed by atoms with van der Waals surface area (Å²) in [6.07, 6.45) is 0.717. The van der Waals surface area contributed by atoms with Gasteiger partial charge in [-0.2, -0.15) is 0 Å². The summed E-state index contributed by atoms with van der Waals surface area (Å²) in [7, 11) is -2.88. The topological polar surface area (TPSA) is 92.6 Å². The summed E-state index contributed by atoms with van der Waals surface area (Å²) in [5, 5.41) is 13.8. The number of halogens is 1. The molecule has 1 aliphatic heterocycles. The molecule has 1 aliphatic rings. The van der Waals surface area contributed by atoms with Gasteiger partial charge in [-0.3, -0.25) is 10.1 Å². The highest BCUT2D eigenvalue weighted by Gasteiger charge is 2.21. The van der Waals surface area contributed by atoms with Crippen molar-refractivity contribution in [2.45, 2.75) is 6.42 Å². The van der Waals surface area contributed by atoms with Crippen LogP contribution in [-0.4, -0.2) is 55.9 Å². The van der Waals surface area contributed by atoms with Gasteiger partial charge in [0.2, 0.25) is 0 Å². The van der Waals surface area contributed by atoms with Gasteiger partial charge < -0.3 is 10.2 Å². The summed E-state index contributed by atoms with van der Waals surface area (Å²) in [4.78, 5) is 12.3. The fraction of sp³-hybridized carbons (Fsp3) is 0.538. The second kappa shape index (κ2) is 7.01. The maximum absolute atomic E-state index is 13.0. The number of sulfone groups is 1. The number of nitro groups is 1. The van der Waals surface area contributed by atoms with Crippen molar-refractivity contribution < 1.29 is 17.7 Å². The van der Waals surface area contributed by atoms with Gasteiger partial charge in [-0.25, -0.2) is 12.8 Å². The van der Waals surface area contributed by atoms with Crippen molar-refractivity contribution in [1.82, 2.24) is 4.90 Å². The number of hydrogen-bond acceptors (Lipinski definition) is 6. The van der Waals surface area contributed by atoms with Gasteiger partial charge in [0.05, 0.1) is 22.5 Å². The van der Waals surface area contributed by atoms with Crippen LogP contribution in [0.2, 0.25) is 0 Å². The van der Waals surface area contributed by atoms with Crippen LogP contribution in [0.3, 0.4) is 0 Å². The fourth-order valence-electron chi connectivity index (χ4n) is 2.30. The van der Waals surface area contributed by atoms with Gasteiger partial charge in [-0.1, -0.05) is 0 Å². The maximum atomic E-state index is 13.0. The first-order valence-electron chi connectivity index (χ1n) is 6.98. The molecule has 0 radical (unpaired) electrons. The number of nitro benzene ring substituents is 1. The van der Waals surface area contributed by atoms with Gasteiger partial charge in [0, 0.05) is 19.6 Å². The predicted molar refractivity (Wildman–Crippen MR) is 81.3 cm³/mol. The van der Waals surface area contributed by atoms with Gasteiger partial charge in [0.15, 0.2) is 9.84 Å². The quantitative estimate of drug-likeness (QED) is 0.479. The van der Waals surface area contributed by atoms with Gasteiger partial charge in [0.1, 0.15) is 11.5 Å². The van der Waals surface area contributed by atoms with Crippen LogP contribution in [-0.2, 0) is 9.84 Å². The molecule has 1 heterocycles. The molecule has 1 saturated heterocycles. The van der Waals surface area contributed by atoms with Crippen molar-refractivity contribution in [1.29, 1.82) is 0 Å². The Morgan fingerprint density at radius 1 is 1.32 bits per heavy atom. The average molecular weight is 331 g/mol. The molecule has 0 aliphatic carbocycles. The molecule has 1 aromatic rings. The van der Waals surface area contributed by atoms with E-state index in [1.54, 1.807) is 0 Å². The Morgan fingerprint density at radius 3 is 2.64 bits per heavy atom. The number of anilines is 1. The molecular weight excluding hydrogens is 313 g/mol. The number of nitrogens with zero attached hydrogens (tertiary/aromatic N) is 2. The van der Waals surface area contributed by atoms with Crippen LogP contribution in [0.15, 0.2) is 18.2 Å². The van der Waals surface area contributed by atoms with Gasteiger partial charge >= 0.3 is 0 Å². The van der Waals surface area contributed by atoms with E-state index in [4.69, 9.17) is 0 Å². The number of rotatable bonds is 6. The standard InChI is InChI=1S/C13H18FN3O4S/c14-11-2-3-12(13(10-11)17(18)19)15-4-1-5-16-6-8-22(20,21)9-7-16/h2-3,10,15H,1,4-9H2. The molecule has 0 bridgehead atoms. The third kappa shape index (κ3) is 4.63. The normalized spacial score (nSPS) is 18.0. The summed E-state index contributed by atoms with van der Waals surface area (Å²) in [6, 6.07) is 3.41. The lowest BCUT2D eigenvalue weighted by atomic mass is 10.2. The van der Waals surface area contributed by atoms with Crippen molar-refractivity contribution in [3.05, 3.63) is 34.1 Å². The first kappa shape index (κ1) is 16.6. The number of hydrogen-bond donors (Lipinski definition) is 1. The van der Waals surface area contributed by atoms with E-state index in [-0.39, 0.29) is 22.9 Å². The maximum Gasteiger partial charge on any atom is 0.295 e. The van der Waals surface area contributed by atoms with Crippen molar-refractivity contribution in [3.63, 3.8) is 0 Å². The molecule has 0 unspecified atom stereocenters. The smallest absolute Gasteiger partial charge is 0.295 e. The van der Waals surface area contributed by atoms with Gasteiger partial charge in [-0.05, 0) is 25.1 Å². The van der Waals surface area contributed by atoms with Crippen molar-refractivity contribution in [2.24, 2.45) is 0 Å². The molecule has 1 fully saturated rings. The Hall–Kier alpha value is -1.74. The van der Waals surface area contributed by atoms with Crippen LogP contribution >= 0.6 is 0 Å². The van der Waals surface area contributed by atoms with E-state index >= 15 is 0 Å². The molecular formula is C13H18FN3O4S. The van der Waals surface area contributed by atoms with Crippen molar-refractivity contribution in [2.75, 3.05) is 43.0 Å². The molecule has 0 saturated carbocycles. The highest BCUT2D eigenvalue weighted by Crippen LogP contribution is 2.24. The summed E-state index contributed by atoms with van der Waals surface area (Å²) < 4.78 is 35.6. The zero-order valence-corrected chi connectivity index (χ0v) is 12.8. The van der Waals surface area contributed by atoms with E-state index in [2.05, 4.69) is 10.2 Å². The highest BCUT2D eigenvalue weighted by atomic mass is 32.2. The molecule has 0 amide bonds. The predicted octanol–water partition coefficient (Wildman–Crippen LogP) is 1.27. The molecule has 0 spiro atoms. The molecule has 9 heteroatoms. The molecule has 122 valence electrons. The lowest BCUT2D eigenvalue weighted by Crippen LogP contribution is -2.41. The minimum absolute atomic E-state index is 0.184. The first-order valence-corrected chi connectivity index (χ1v) is 8.80. The number of nitrogens with one attached hydrogen (secondary N) is 1. The molecule has 22 heavy (non-hydrogen) atoms. The fourth-order valence-corrected chi connectivity index (χ4v) is 3.58. The Labute approximate surface area is 128 Å². The van der Waals surface area contributed by atoms with E-state index in [0.717, 1.165) is 12.6 Å². The monoisotopic (exact) mass is 331 g/mol. The Morgan fingerprint density at radius 2 is 2.00 bits per heavy atom. The SMILES string of the molecule is O=[N+]([O-])c1cc(F)ccc1NCCCN1CCS(=O)(=O)CC1. The van der Waals surface area contributed by atoms with Crippen molar-refractivity contribution >= 4 is 21.2 Å². The summed E-state index contributed by atoms with van der Waals surface area (Å²) in [5.74, 6) is -0.278. The number of benzene rings is 1. The van der Waals surface area contributed by atoms with Crippen LogP contribution in [0.1, 0.15) is 6.42 Å². The summed E-state index contributed by atoms with van der Waals surface area (Å²) in [5.41, 5.74) is -0.00307. The molecule has 0 atom stereocenters. The molecule has 0 aromatic heterocycles. The van der Waals surface area contributed by atoms with Crippen LogP contribution < -0.4 is 5.32 Å². The van der Waals surface area contributed by atoms with Gasteiger partial charge in [0.25, 0.3) is 5.69 Å². The summed E-state index contributed by atoms with van der Waals surface area (Å²) >= 11 is 0. The van der Waals surface area contributed by atoms with E-state index < -0.39 is 20.6 Å². The third-order valence-electron chi connectivity index (χ3n) is 3.56. The minimum Gasteiger partial charge on any atom is -0.379 e. The zero-order valence-electron chi connectivity index (χ0n) is 12.0. The Kier molecular flexibility index (Phi) is 5.30. The second-order valence-electron chi connectivity index (χ2n) is 5.19. The lowest BCUT2D eigenvalue weighted by Gasteiger charge is -2.26. The zero-order chi connectivity index (χ0) is 16.2. The van der Waals surface area contributed by atoms with Crippen LogP contribution in [0.4, 0.5) is 15.8 Å². The van der Waals surface area contributed by atoms with E-state index in [1.165, 1.54) is 12.1 Å². The lowest BCUT2D eigenvalue weighted by molar-refractivity contribution is -0.384. The molecule has 7 nitrogen and oxygen atoms in total. The average Bonchev–Trinajstić information content (AvgIpc) is 2.46. The molecule has 2 rings (SSSR count). The van der Waals surface area contributed by atoms with Gasteiger partial charge in [-0.15, -0.1) is 0 Å². The second-order valence-corrected chi connectivity index (χ2v) is 7.50.